The molecular formula is C28H37ClF2N4O5. The van der Waals surface area contributed by atoms with Crippen molar-refractivity contribution in [1.82, 2.24) is 10.6 Å². The van der Waals surface area contributed by atoms with Crippen LogP contribution < -0.4 is 21.3 Å². The third-order valence-corrected chi connectivity index (χ3v) is 6.77. The molecule has 0 radical (unpaired) electrons. The summed E-state index contributed by atoms with van der Waals surface area (Å²) in [7, 11) is 1.27. The molecule has 1 unspecified atom stereocenters. The van der Waals surface area contributed by atoms with E-state index in [4.69, 9.17) is 10.5 Å². The van der Waals surface area contributed by atoms with Crippen molar-refractivity contribution in [3.8, 4) is 0 Å². The molecule has 0 fully saturated rings. The number of methoxy groups -OCH3 is 1. The number of hydrogen-bond acceptors (Lipinski definition) is 6. The van der Waals surface area contributed by atoms with Gasteiger partial charge in [0, 0.05) is 36.8 Å². The van der Waals surface area contributed by atoms with Gasteiger partial charge in [-0.25, -0.2) is 4.79 Å². The highest BCUT2D eigenvalue weighted by molar-refractivity contribution is 5.95. The van der Waals surface area contributed by atoms with Crippen molar-refractivity contribution < 1.29 is 33.0 Å². The molecule has 0 spiro atoms. The smallest absolute Gasteiger partial charge is 0.407 e. The standard InChI is InChI=1S/C28H36F2N4O5.ClH/c1-27(2,14-21(31)23(35)16-32-25(37)28(29,30)19-10-5-4-6-11-19)15-24(36)34-17-20(33-26(38)39-3)13-18-9-7-8-12-22(18)34;/h4-12,20-21,23,35H,13-17,31H2,1-3H3,(H,32,37)(H,33,38);1H/t20?,21-,23-;/m0./s1. The summed E-state index contributed by atoms with van der Waals surface area (Å²) < 4.78 is 33.5. The molecule has 2 aromatic carbocycles. The van der Waals surface area contributed by atoms with Crippen LogP contribution in [0.25, 0.3) is 0 Å². The van der Waals surface area contributed by atoms with E-state index in [1.807, 2.05) is 38.1 Å². The molecule has 0 saturated carbocycles. The van der Waals surface area contributed by atoms with E-state index >= 15 is 0 Å². The van der Waals surface area contributed by atoms with E-state index in [1.165, 1.54) is 19.2 Å². The number of hydrogen-bond donors (Lipinski definition) is 4. The highest BCUT2D eigenvalue weighted by Crippen LogP contribution is 2.33. The minimum Gasteiger partial charge on any atom is -0.453 e. The highest BCUT2D eigenvalue weighted by atomic mass is 35.5. The second kappa shape index (κ2) is 13.9. The molecule has 1 aliphatic heterocycles. The molecule has 1 aliphatic rings. The average Bonchev–Trinajstić information content (AvgIpc) is 2.90. The minimum absolute atomic E-state index is 0. The van der Waals surface area contributed by atoms with E-state index in [9.17, 15) is 28.3 Å². The van der Waals surface area contributed by atoms with Gasteiger partial charge in [-0.05, 0) is 29.9 Å². The number of para-hydroxylation sites is 1. The second-order valence-corrected chi connectivity index (χ2v) is 10.6. The van der Waals surface area contributed by atoms with Crippen LogP contribution in [-0.2, 0) is 26.7 Å². The van der Waals surface area contributed by atoms with Gasteiger partial charge in [0.1, 0.15) is 0 Å². The van der Waals surface area contributed by atoms with Crippen LogP contribution in [0.1, 0.15) is 37.8 Å². The van der Waals surface area contributed by atoms with Gasteiger partial charge in [0.2, 0.25) is 5.91 Å². The van der Waals surface area contributed by atoms with Gasteiger partial charge in [-0.1, -0.05) is 62.4 Å². The fourth-order valence-corrected chi connectivity index (χ4v) is 4.74. The number of nitrogens with one attached hydrogen (secondary N) is 2. The molecule has 9 nitrogen and oxygen atoms in total. The lowest BCUT2D eigenvalue weighted by atomic mass is 9.80. The van der Waals surface area contributed by atoms with E-state index in [0.717, 1.165) is 23.4 Å². The molecule has 12 heteroatoms. The lowest BCUT2D eigenvalue weighted by molar-refractivity contribution is -0.147. The van der Waals surface area contributed by atoms with Crippen molar-refractivity contribution in [1.29, 1.82) is 0 Å². The number of amides is 3. The van der Waals surface area contributed by atoms with Crippen LogP contribution in [0.3, 0.4) is 0 Å². The summed E-state index contributed by atoms with van der Waals surface area (Å²) in [4.78, 5) is 38.9. The van der Waals surface area contributed by atoms with Crippen molar-refractivity contribution in [3.05, 3.63) is 65.7 Å². The number of alkyl carbamates (subject to hydrolysis) is 1. The number of rotatable bonds is 10. The van der Waals surface area contributed by atoms with Crippen molar-refractivity contribution in [2.45, 2.75) is 57.2 Å². The zero-order valence-electron chi connectivity index (χ0n) is 22.7. The largest absolute Gasteiger partial charge is 0.453 e. The number of benzene rings is 2. The Bertz CT molecular complexity index is 1170. The Morgan fingerprint density at radius 1 is 1.12 bits per heavy atom. The van der Waals surface area contributed by atoms with Crippen LogP contribution in [0.15, 0.2) is 54.6 Å². The number of aliphatic hydroxyl groups is 1. The van der Waals surface area contributed by atoms with Crippen molar-refractivity contribution in [2.24, 2.45) is 11.1 Å². The first kappa shape index (κ1) is 32.9. The topological polar surface area (TPSA) is 134 Å². The number of fused-ring (bicyclic) bond motifs is 1. The molecule has 2 aromatic rings. The molecule has 5 N–H and O–H groups in total. The van der Waals surface area contributed by atoms with Crippen LogP contribution in [0.2, 0.25) is 0 Å². The van der Waals surface area contributed by atoms with E-state index in [-0.39, 0.29) is 43.7 Å². The van der Waals surface area contributed by atoms with Crippen molar-refractivity contribution in [3.63, 3.8) is 0 Å². The second-order valence-electron chi connectivity index (χ2n) is 10.6. The van der Waals surface area contributed by atoms with E-state index in [0.29, 0.717) is 6.42 Å². The molecule has 0 bridgehead atoms. The zero-order chi connectivity index (χ0) is 28.8. The third-order valence-electron chi connectivity index (χ3n) is 6.77. The predicted molar refractivity (Wildman–Crippen MR) is 149 cm³/mol. The van der Waals surface area contributed by atoms with Crippen LogP contribution in [0.4, 0.5) is 19.3 Å². The number of ether oxygens (including phenoxy) is 1. The quantitative estimate of drug-likeness (QED) is 0.340. The summed E-state index contributed by atoms with van der Waals surface area (Å²) in [5, 5.41) is 15.3. The number of carbonyl (C=O) groups is 3. The highest BCUT2D eigenvalue weighted by Gasteiger charge is 2.41. The number of nitrogens with zero attached hydrogens (tertiary/aromatic N) is 1. The lowest BCUT2D eigenvalue weighted by Crippen LogP contribution is -2.51. The Morgan fingerprint density at radius 3 is 2.40 bits per heavy atom. The van der Waals surface area contributed by atoms with Gasteiger partial charge in [0.25, 0.3) is 5.91 Å². The maximum absolute atomic E-state index is 14.4. The van der Waals surface area contributed by atoms with Gasteiger partial charge in [-0.15, -0.1) is 12.4 Å². The number of nitrogens with two attached hydrogens (primary N) is 1. The number of carbonyl (C=O) groups excluding carboxylic acids is 3. The summed E-state index contributed by atoms with van der Waals surface area (Å²) in [6.07, 6.45) is -1.08. The molecule has 3 rings (SSSR count). The molecule has 220 valence electrons. The molecule has 0 saturated heterocycles. The molecule has 0 aliphatic carbocycles. The average molecular weight is 583 g/mol. The van der Waals surface area contributed by atoms with Crippen molar-refractivity contribution >= 4 is 36.0 Å². The third kappa shape index (κ3) is 8.36. The maximum atomic E-state index is 14.4. The fourth-order valence-electron chi connectivity index (χ4n) is 4.74. The molecular weight excluding hydrogens is 546 g/mol. The van der Waals surface area contributed by atoms with Crippen LogP contribution in [-0.4, -0.2) is 61.4 Å². The Labute approximate surface area is 238 Å². The normalized spacial score (nSPS) is 16.6. The van der Waals surface area contributed by atoms with Gasteiger partial charge < -0.3 is 31.1 Å². The van der Waals surface area contributed by atoms with Crippen LogP contribution in [0, 0.1) is 5.41 Å². The summed E-state index contributed by atoms with van der Waals surface area (Å²) in [5.74, 6) is -5.49. The van der Waals surface area contributed by atoms with Gasteiger partial charge >= 0.3 is 12.0 Å². The first-order valence-corrected chi connectivity index (χ1v) is 12.7. The molecule has 3 atom stereocenters. The Kier molecular flexibility index (Phi) is 11.4. The minimum atomic E-state index is -3.76. The summed E-state index contributed by atoms with van der Waals surface area (Å²) >= 11 is 0. The summed E-state index contributed by atoms with van der Waals surface area (Å²) in [6.45, 7) is 3.43. The zero-order valence-corrected chi connectivity index (χ0v) is 23.5. The maximum Gasteiger partial charge on any atom is 0.407 e. The number of halogens is 3. The summed E-state index contributed by atoms with van der Waals surface area (Å²) in [5.41, 5.74) is 6.70. The van der Waals surface area contributed by atoms with Gasteiger partial charge in [0.15, 0.2) is 0 Å². The lowest BCUT2D eigenvalue weighted by Gasteiger charge is -2.37. The number of alkyl halides is 2. The van der Waals surface area contributed by atoms with E-state index in [2.05, 4.69) is 10.6 Å². The van der Waals surface area contributed by atoms with E-state index < -0.39 is 47.6 Å². The number of anilines is 1. The molecule has 3 amide bonds. The van der Waals surface area contributed by atoms with Crippen LogP contribution >= 0.6 is 12.4 Å². The summed E-state index contributed by atoms with van der Waals surface area (Å²) in [6, 6.07) is 12.9. The first-order valence-electron chi connectivity index (χ1n) is 12.7. The number of aliphatic hydroxyl groups excluding tert-OH is 1. The molecule has 0 aromatic heterocycles. The SMILES string of the molecule is COC(=O)NC1Cc2ccccc2N(C(=O)CC(C)(C)C[C@H](N)[C@@H](O)CNC(=O)C(F)(F)c2ccccc2)C1.Cl. The van der Waals surface area contributed by atoms with Gasteiger partial charge in [-0.3, -0.25) is 9.59 Å². The van der Waals surface area contributed by atoms with E-state index in [1.54, 1.807) is 11.0 Å². The van der Waals surface area contributed by atoms with Crippen molar-refractivity contribution in [2.75, 3.05) is 25.1 Å². The Hall–Kier alpha value is -3.28. The van der Waals surface area contributed by atoms with Gasteiger partial charge in [0.05, 0.1) is 19.3 Å². The van der Waals surface area contributed by atoms with Gasteiger partial charge in [-0.2, -0.15) is 8.78 Å². The van der Waals surface area contributed by atoms with Crippen LogP contribution in [0.5, 0.6) is 0 Å². The predicted octanol–water partition coefficient (Wildman–Crippen LogP) is 3.12. The Balaban J connectivity index is 0.00000560. The molecule has 1 heterocycles. The fraction of sp³-hybridized carbons (Fsp3) is 0.464. The monoisotopic (exact) mass is 582 g/mol. The first-order chi connectivity index (χ1) is 18.3. The molecule has 40 heavy (non-hydrogen) atoms. The Morgan fingerprint density at radius 2 is 1.75 bits per heavy atom.